The molecule has 0 aromatic heterocycles. The van der Waals surface area contributed by atoms with Crippen molar-refractivity contribution in [3.8, 4) is 0 Å². The third kappa shape index (κ3) is 4.75. The zero-order chi connectivity index (χ0) is 15.1. The van der Waals surface area contributed by atoms with E-state index in [9.17, 15) is 9.59 Å². The first-order chi connectivity index (χ1) is 10.2. The lowest BCUT2D eigenvalue weighted by atomic mass is 9.97. The third-order valence-electron chi connectivity index (χ3n) is 3.44. The van der Waals surface area contributed by atoms with Crippen molar-refractivity contribution in [1.82, 2.24) is 10.6 Å². The number of nitrogens with one attached hydrogen (secondary N) is 4. The van der Waals surface area contributed by atoms with Crippen LogP contribution >= 0.6 is 0 Å². The highest BCUT2D eigenvalue weighted by atomic mass is 16.2. The van der Waals surface area contributed by atoms with Crippen LogP contribution in [0.25, 0.3) is 0 Å². The van der Waals surface area contributed by atoms with Gasteiger partial charge in [0, 0.05) is 23.8 Å². The van der Waals surface area contributed by atoms with Gasteiger partial charge in [0.2, 0.25) is 5.91 Å². The Morgan fingerprint density at radius 1 is 1.19 bits per heavy atom. The summed E-state index contributed by atoms with van der Waals surface area (Å²) in [5, 5.41) is 11.5. The van der Waals surface area contributed by atoms with E-state index in [0.29, 0.717) is 17.9 Å². The first kappa shape index (κ1) is 15.3. The molecule has 0 aliphatic carbocycles. The van der Waals surface area contributed by atoms with Crippen molar-refractivity contribution in [1.29, 1.82) is 0 Å². The Morgan fingerprint density at radius 2 is 1.86 bits per heavy atom. The molecule has 0 saturated carbocycles. The van der Waals surface area contributed by atoms with Crippen molar-refractivity contribution in [2.75, 3.05) is 30.3 Å². The Labute approximate surface area is 124 Å². The predicted octanol–water partition coefficient (Wildman–Crippen LogP) is 1.77. The second kappa shape index (κ2) is 7.64. The normalized spacial score (nSPS) is 15.3. The lowest BCUT2D eigenvalue weighted by Crippen LogP contribution is -2.34. The van der Waals surface area contributed by atoms with Gasteiger partial charge in [0.15, 0.2) is 0 Å². The summed E-state index contributed by atoms with van der Waals surface area (Å²) >= 11 is 0. The van der Waals surface area contributed by atoms with Crippen LogP contribution in [0.1, 0.15) is 19.8 Å². The number of rotatable bonds is 4. The highest BCUT2D eigenvalue weighted by molar-refractivity contribution is 5.94. The lowest BCUT2D eigenvalue weighted by Gasteiger charge is -2.21. The molecule has 0 atom stereocenters. The number of carbonyl (C=O) groups is 2. The number of amides is 3. The number of hydrogen-bond donors (Lipinski definition) is 4. The maximum absolute atomic E-state index is 12.2. The number of piperidine rings is 1. The number of carbonyl (C=O) groups excluding carboxylic acids is 2. The molecule has 1 aliphatic rings. The average molecular weight is 290 g/mol. The maximum Gasteiger partial charge on any atom is 0.319 e. The van der Waals surface area contributed by atoms with Gasteiger partial charge in [0.05, 0.1) is 0 Å². The van der Waals surface area contributed by atoms with Crippen LogP contribution in [0.5, 0.6) is 0 Å². The fourth-order valence-corrected chi connectivity index (χ4v) is 2.34. The molecule has 1 aromatic rings. The summed E-state index contributed by atoms with van der Waals surface area (Å²) in [5.74, 6) is 0.109. The summed E-state index contributed by atoms with van der Waals surface area (Å²) in [6.07, 6.45) is 1.73. The summed E-state index contributed by atoms with van der Waals surface area (Å²) in [4.78, 5) is 23.6. The minimum absolute atomic E-state index is 0.0478. The molecule has 0 unspecified atom stereocenters. The fraction of sp³-hybridized carbons (Fsp3) is 0.467. The minimum Gasteiger partial charge on any atom is -0.338 e. The molecule has 1 heterocycles. The minimum atomic E-state index is -0.251. The molecular formula is C15H22N4O2. The van der Waals surface area contributed by atoms with Crippen LogP contribution in [-0.4, -0.2) is 31.6 Å². The smallest absolute Gasteiger partial charge is 0.319 e. The van der Waals surface area contributed by atoms with Gasteiger partial charge in [-0.15, -0.1) is 0 Å². The van der Waals surface area contributed by atoms with E-state index in [4.69, 9.17) is 0 Å². The van der Waals surface area contributed by atoms with E-state index in [1.807, 2.05) is 13.0 Å². The quantitative estimate of drug-likeness (QED) is 0.682. The molecule has 0 spiro atoms. The Bertz CT molecular complexity index is 498. The summed E-state index contributed by atoms with van der Waals surface area (Å²) in [6.45, 7) is 4.20. The van der Waals surface area contributed by atoms with Crippen molar-refractivity contribution in [2.45, 2.75) is 19.8 Å². The van der Waals surface area contributed by atoms with Gasteiger partial charge < -0.3 is 21.3 Å². The topological polar surface area (TPSA) is 82.3 Å². The molecule has 6 heteroatoms. The van der Waals surface area contributed by atoms with Crippen LogP contribution < -0.4 is 21.3 Å². The number of anilines is 2. The Hall–Kier alpha value is -2.08. The van der Waals surface area contributed by atoms with Crippen molar-refractivity contribution in [3.63, 3.8) is 0 Å². The van der Waals surface area contributed by atoms with E-state index in [1.54, 1.807) is 18.2 Å². The van der Waals surface area contributed by atoms with Crippen LogP contribution in [0.15, 0.2) is 24.3 Å². The van der Waals surface area contributed by atoms with Crippen molar-refractivity contribution >= 4 is 23.3 Å². The van der Waals surface area contributed by atoms with E-state index >= 15 is 0 Å². The van der Waals surface area contributed by atoms with E-state index in [-0.39, 0.29) is 17.9 Å². The Balaban J connectivity index is 1.93. The highest BCUT2D eigenvalue weighted by Crippen LogP contribution is 2.18. The summed E-state index contributed by atoms with van der Waals surface area (Å²) in [5.41, 5.74) is 1.36. The Kier molecular flexibility index (Phi) is 5.57. The highest BCUT2D eigenvalue weighted by Gasteiger charge is 2.20. The Morgan fingerprint density at radius 3 is 2.52 bits per heavy atom. The maximum atomic E-state index is 12.2. The zero-order valence-corrected chi connectivity index (χ0v) is 12.2. The molecule has 1 aliphatic heterocycles. The van der Waals surface area contributed by atoms with Gasteiger partial charge >= 0.3 is 6.03 Å². The van der Waals surface area contributed by atoms with Crippen LogP contribution in [0, 0.1) is 5.92 Å². The van der Waals surface area contributed by atoms with E-state index < -0.39 is 0 Å². The van der Waals surface area contributed by atoms with Crippen molar-refractivity contribution < 1.29 is 9.59 Å². The first-order valence-electron chi connectivity index (χ1n) is 7.35. The van der Waals surface area contributed by atoms with Gasteiger partial charge in [0.1, 0.15) is 0 Å². The van der Waals surface area contributed by atoms with Crippen LogP contribution in [0.3, 0.4) is 0 Å². The summed E-state index contributed by atoms with van der Waals surface area (Å²) < 4.78 is 0. The number of hydrogen-bond acceptors (Lipinski definition) is 3. The van der Waals surface area contributed by atoms with Gasteiger partial charge in [0.25, 0.3) is 0 Å². The van der Waals surface area contributed by atoms with Gasteiger partial charge in [-0.2, -0.15) is 0 Å². The van der Waals surface area contributed by atoms with Gasteiger partial charge in [-0.1, -0.05) is 6.07 Å². The average Bonchev–Trinajstić information content (AvgIpc) is 2.48. The molecule has 21 heavy (non-hydrogen) atoms. The molecule has 0 radical (unpaired) electrons. The van der Waals surface area contributed by atoms with Crippen LogP contribution in [-0.2, 0) is 4.79 Å². The molecule has 0 bridgehead atoms. The molecule has 3 amide bonds. The van der Waals surface area contributed by atoms with Crippen molar-refractivity contribution in [2.24, 2.45) is 5.92 Å². The van der Waals surface area contributed by atoms with Gasteiger partial charge in [-0.3, -0.25) is 4.79 Å². The zero-order valence-electron chi connectivity index (χ0n) is 12.2. The standard InChI is InChI=1S/C15H22N4O2/c1-2-17-15(21)19-13-5-3-4-12(10-13)18-14(20)11-6-8-16-9-7-11/h3-5,10-11,16H,2,6-9H2,1H3,(H,18,20)(H2,17,19,21). The van der Waals surface area contributed by atoms with Gasteiger partial charge in [-0.05, 0) is 51.1 Å². The molecule has 1 fully saturated rings. The molecule has 2 rings (SSSR count). The third-order valence-corrected chi connectivity index (χ3v) is 3.44. The second-order valence-corrected chi connectivity index (χ2v) is 5.08. The summed E-state index contributed by atoms with van der Waals surface area (Å²) in [7, 11) is 0. The lowest BCUT2D eigenvalue weighted by molar-refractivity contribution is -0.120. The van der Waals surface area contributed by atoms with E-state index in [0.717, 1.165) is 25.9 Å². The molecule has 1 saturated heterocycles. The molecule has 6 nitrogen and oxygen atoms in total. The van der Waals surface area contributed by atoms with E-state index in [2.05, 4.69) is 21.3 Å². The van der Waals surface area contributed by atoms with E-state index in [1.165, 1.54) is 0 Å². The molecule has 4 N–H and O–H groups in total. The summed E-state index contributed by atoms with van der Waals surface area (Å²) in [6, 6.07) is 6.92. The fourth-order valence-electron chi connectivity index (χ4n) is 2.34. The largest absolute Gasteiger partial charge is 0.338 e. The monoisotopic (exact) mass is 290 g/mol. The molecular weight excluding hydrogens is 268 g/mol. The molecule has 114 valence electrons. The van der Waals surface area contributed by atoms with Crippen LogP contribution in [0.2, 0.25) is 0 Å². The molecule has 1 aromatic carbocycles. The number of urea groups is 1. The second-order valence-electron chi connectivity index (χ2n) is 5.08. The van der Waals surface area contributed by atoms with Crippen LogP contribution in [0.4, 0.5) is 16.2 Å². The van der Waals surface area contributed by atoms with Gasteiger partial charge in [-0.25, -0.2) is 4.79 Å². The van der Waals surface area contributed by atoms with Crippen molar-refractivity contribution in [3.05, 3.63) is 24.3 Å². The predicted molar refractivity (Wildman–Crippen MR) is 83.4 cm³/mol. The SMILES string of the molecule is CCNC(=O)Nc1cccc(NC(=O)C2CCNCC2)c1. The number of benzene rings is 1. The first-order valence-corrected chi connectivity index (χ1v) is 7.35.